The average molecular weight is 394 g/mol. The van der Waals surface area contributed by atoms with E-state index >= 15 is 0 Å². The van der Waals surface area contributed by atoms with Crippen LogP contribution in [0.15, 0.2) is 42.5 Å². The van der Waals surface area contributed by atoms with Crippen molar-refractivity contribution in [2.45, 2.75) is 13.0 Å². The van der Waals surface area contributed by atoms with Crippen molar-refractivity contribution in [3.05, 3.63) is 78.4 Å². The maximum absolute atomic E-state index is 10.4. The summed E-state index contributed by atoms with van der Waals surface area (Å²) in [7, 11) is 0. The molecule has 0 aliphatic rings. The van der Waals surface area contributed by atoms with Crippen molar-refractivity contribution in [1.29, 1.82) is 0 Å². The smallest absolute Gasteiger partial charge is 0.324 e. The minimum atomic E-state index is -1.21. The van der Waals surface area contributed by atoms with E-state index in [2.05, 4.69) is 24.4 Å². The molecule has 2 aromatic carbocycles. The largest absolute Gasteiger partial charge is 0.497 e. The van der Waals surface area contributed by atoms with Gasteiger partial charge in [0, 0.05) is 12.6 Å². The van der Waals surface area contributed by atoms with Gasteiger partial charge in [-0.3, -0.25) is 30.3 Å². The summed E-state index contributed by atoms with van der Waals surface area (Å²) >= 11 is 0. The number of phenols is 1. The van der Waals surface area contributed by atoms with Gasteiger partial charge in [0.05, 0.1) is 33.5 Å². The van der Waals surface area contributed by atoms with Crippen LogP contribution in [0.25, 0.3) is 0 Å². The number of hydrogen-bond donors (Lipinski definition) is 3. The number of rotatable bonds is 7. The maximum atomic E-state index is 10.4. The van der Waals surface area contributed by atoms with E-state index in [1.54, 1.807) is 0 Å². The number of non-ortho nitro benzene ring substituents is 1. The number of hydrogen-bond acceptors (Lipinski definition) is 9. The van der Waals surface area contributed by atoms with E-state index in [-0.39, 0.29) is 6.61 Å². The first-order valence-electron chi connectivity index (χ1n) is 7.88. The lowest BCUT2D eigenvalue weighted by molar-refractivity contribution is -0.404. The van der Waals surface area contributed by atoms with Crippen LogP contribution in [0, 0.1) is 30.3 Å². The van der Waals surface area contributed by atoms with Crippen molar-refractivity contribution in [2.24, 2.45) is 0 Å². The van der Waals surface area contributed by atoms with Gasteiger partial charge in [-0.1, -0.05) is 30.3 Å². The van der Waals surface area contributed by atoms with Gasteiger partial charge in [-0.15, -0.1) is 0 Å². The Morgan fingerprint density at radius 3 is 1.86 bits per heavy atom. The van der Waals surface area contributed by atoms with Crippen LogP contribution < -0.4 is 5.32 Å². The van der Waals surface area contributed by atoms with Crippen LogP contribution in [0.2, 0.25) is 0 Å². The van der Waals surface area contributed by atoms with Crippen molar-refractivity contribution in [3.63, 3.8) is 0 Å². The normalized spacial score (nSPS) is 11.1. The summed E-state index contributed by atoms with van der Waals surface area (Å²) < 4.78 is 0. The first-order valence-corrected chi connectivity index (χ1v) is 7.88. The van der Waals surface area contributed by atoms with Gasteiger partial charge in [0.15, 0.2) is 0 Å². The van der Waals surface area contributed by atoms with Crippen LogP contribution in [-0.4, -0.2) is 38.1 Å². The third kappa shape index (κ3) is 6.26. The first kappa shape index (κ1) is 22.4. The molecule has 0 radical (unpaired) electrons. The highest BCUT2D eigenvalue weighted by Gasteiger charge is 2.30. The maximum Gasteiger partial charge on any atom is 0.324 e. The quantitative estimate of drug-likeness (QED) is 0.469. The lowest BCUT2D eigenvalue weighted by Crippen LogP contribution is -2.21. The van der Waals surface area contributed by atoms with Gasteiger partial charge >= 0.3 is 11.4 Å². The molecule has 12 heteroatoms. The second-order valence-corrected chi connectivity index (χ2v) is 5.41. The summed E-state index contributed by atoms with van der Waals surface area (Å²) in [5, 5.41) is 52.0. The van der Waals surface area contributed by atoms with Gasteiger partial charge in [-0.25, -0.2) is 0 Å². The van der Waals surface area contributed by atoms with Crippen LogP contribution in [0.4, 0.5) is 17.1 Å². The van der Waals surface area contributed by atoms with E-state index in [0.29, 0.717) is 24.7 Å². The SMILES string of the molecule is CC(NCCO)c1ccccc1.O=[N+]([O-])c1cc([N+](=O)[O-])c(O)c([N+](=O)[O-])c1. The molecule has 0 spiro atoms. The second-order valence-electron chi connectivity index (χ2n) is 5.41. The number of aliphatic hydroxyl groups is 1. The minimum Gasteiger partial charge on any atom is -0.497 e. The van der Waals surface area contributed by atoms with Gasteiger partial charge in [0.2, 0.25) is 0 Å². The van der Waals surface area contributed by atoms with Crippen LogP contribution in [-0.2, 0) is 0 Å². The van der Waals surface area contributed by atoms with E-state index in [4.69, 9.17) is 10.2 Å². The van der Waals surface area contributed by atoms with Gasteiger partial charge in [-0.05, 0) is 12.5 Å². The Morgan fingerprint density at radius 2 is 1.46 bits per heavy atom. The Hall–Kier alpha value is -3.64. The molecule has 0 bridgehead atoms. The fourth-order valence-corrected chi connectivity index (χ4v) is 2.11. The van der Waals surface area contributed by atoms with Crippen molar-refractivity contribution < 1.29 is 25.0 Å². The minimum absolute atomic E-state index is 0.192. The molecule has 2 aromatic rings. The highest BCUT2D eigenvalue weighted by atomic mass is 16.6. The highest BCUT2D eigenvalue weighted by molar-refractivity contribution is 5.64. The average Bonchev–Trinajstić information content (AvgIpc) is 2.66. The number of nitro groups is 3. The standard InChI is InChI=1S/C10H15NO.C6H3N3O7/c1-9(11-7-8-12)10-5-3-2-4-6-10;10-6-4(8(13)14)1-3(7(11)12)2-5(6)9(15)16/h2-6,9,11-12H,7-8H2,1H3;1-2,10H. The first-order chi connectivity index (χ1) is 13.2. The van der Waals surface area contributed by atoms with Crippen molar-refractivity contribution in [1.82, 2.24) is 5.32 Å². The Kier molecular flexibility index (Phi) is 8.40. The summed E-state index contributed by atoms with van der Waals surface area (Å²) in [6, 6.07) is 11.4. The molecule has 2 rings (SSSR count). The Balaban J connectivity index is 0.000000292. The molecule has 0 aliphatic carbocycles. The Bertz CT molecular complexity index is 809. The number of nitrogens with zero attached hydrogens (tertiary/aromatic N) is 3. The molecule has 28 heavy (non-hydrogen) atoms. The third-order valence-corrected chi connectivity index (χ3v) is 3.52. The lowest BCUT2D eigenvalue weighted by atomic mass is 10.1. The molecule has 0 amide bonds. The summed E-state index contributed by atoms with van der Waals surface area (Å²) in [5.41, 5.74) is -1.75. The number of aromatic hydroxyl groups is 1. The second kappa shape index (κ2) is 10.5. The number of nitrogens with one attached hydrogen (secondary N) is 1. The number of aliphatic hydroxyl groups excluding tert-OH is 1. The fraction of sp³-hybridized carbons (Fsp3) is 0.250. The van der Waals surface area contributed by atoms with Crippen LogP contribution in [0.5, 0.6) is 5.75 Å². The molecule has 0 fully saturated rings. The van der Waals surface area contributed by atoms with Gasteiger partial charge < -0.3 is 15.5 Å². The van der Waals surface area contributed by atoms with Crippen LogP contribution in [0.1, 0.15) is 18.5 Å². The molecule has 0 saturated heterocycles. The molecular formula is C16H18N4O8. The summed E-state index contributed by atoms with van der Waals surface area (Å²) in [4.78, 5) is 27.8. The third-order valence-electron chi connectivity index (χ3n) is 3.52. The van der Waals surface area contributed by atoms with Gasteiger partial charge in [0.1, 0.15) is 0 Å². The lowest BCUT2D eigenvalue weighted by Gasteiger charge is -2.12. The molecule has 0 saturated carbocycles. The van der Waals surface area contributed by atoms with Crippen molar-refractivity contribution >= 4 is 17.1 Å². The number of benzene rings is 2. The molecule has 0 heterocycles. The molecule has 0 aromatic heterocycles. The van der Waals surface area contributed by atoms with Gasteiger partial charge in [-0.2, -0.15) is 0 Å². The summed E-state index contributed by atoms with van der Waals surface area (Å²) in [6.45, 7) is 2.93. The molecule has 3 N–H and O–H groups in total. The van der Waals surface area contributed by atoms with Crippen LogP contribution >= 0.6 is 0 Å². The zero-order valence-corrected chi connectivity index (χ0v) is 14.7. The van der Waals surface area contributed by atoms with Crippen LogP contribution in [0.3, 0.4) is 0 Å². The zero-order chi connectivity index (χ0) is 21.3. The topological polar surface area (TPSA) is 182 Å². The monoisotopic (exact) mass is 394 g/mol. The molecular weight excluding hydrogens is 376 g/mol. The van der Waals surface area contributed by atoms with E-state index in [9.17, 15) is 30.3 Å². The predicted octanol–water partition coefficient (Wildman–Crippen LogP) is 2.45. The van der Waals surface area contributed by atoms with E-state index in [1.165, 1.54) is 5.56 Å². The summed E-state index contributed by atoms with van der Waals surface area (Å²) in [6.07, 6.45) is 0. The molecule has 12 nitrogen and oxygen atoms in total. The van der Waals surface area contributed by atoms with Gasteiger partial charge in [0.25, 0.3) is 11.4 Å². The van der Waals surface area contributed by atoms with Crippen molar-refractivity contribution in [3.8, 4) is 5.75 Å². The Morgan fingerprint density at radius 1 is 0.964 bits per heavy atom. The Labute approximate surface area is 158 Å². The van der Waals surface area contributed by atoms with Crippen molar-refractivity contribution in [2.75, 3.05) is 13.2 Å². The van der Waals surface area contributed by atoms with E-state index in [0.717, 1.165) is 0 Å². The molecule has 1 atom stereocenters. The van der Waals surface area contributed by atoms with E-state index < -0.39 is 37.6 Å². The summed E-state index contributed by atoms with van der Waals surface area (Å²) in [5.74, 6) is -1.21. The highest BCUT2D eigenvalue weighted by Crippen LogP contribution is 2.38. The molecule has 0 aliphatic heterocycles. The zero-order valence-electron chi connectivity index (χ0n) is 14.7. The predicted molar refractivity (Wildman–Crippen MR) is 98.0 cm³/mol. The number of nitro benzene ring substituents is 3. The molecule has 150 valence electrons. The molecule has 1 unspecified atom stereocenters. The van der Waals surface area contributed by atoms with E-state index in [1.807, 2.05) is 18.2 Å². The number of phenolic OH excluding ortho intramolecular Hbond substituents is 1. The fourth-order valence-electron chi connectivity index (χ4n) is 2.11.